The minimum atomic E-state index is -0.296. The van der Waals surface area contributed by atoms with Crippen molar-refractivity contribution in [2.75, 3.05) is 4.90 Å². The van der Waals surface area contributed by atoms with Gasteiger partial charge in [-0.2, -0.15) is 0 Å². The van der Waals surface area contributed by atoms with Crippen molar-refractivity contribution in [3.05, 3.63) is 65.3 Å². The summed E-state index contributed by atoms with van der Waals surface area (Å²) in [6.45, 7) is 0. The Morgan fingerprint density at radius 1 is 1.05 bits per heavy atom. The van der Waals surface area contributed by atoms with Crippen LogP contribution in [0, 0.1) is 0 Å². The van der Waals surface area contributed by atoms with E-state index in [1.54, 1.807) is 48.8 Å². The Morgan fingerprint density at radius 3 is 2.55 bits per heavy atom. The average Bonchev–Trinajstić information content (AvgIpc) is 2.75. The number of anilines is 1. The first kappa shape index (κ1) is 12.6. The number of aromatic nitrogens is 1. The van der Waals surface area contributed by atoms with Crippen LogP contribution in [0.3, 0.4) is 0 Å². The highest BCUT2D eigenvalue weighted by atomic mass is 32.2. The van der Waals surface area contributed by atoms with Gasteiger partial charge in [-0.1, -0.05) is 24.3 Å². The maximum atomic E-state index is 12.3. The van der Waals surface area contributed by atoms with Gasteiger partial charge in [0.15, 0.2) is 0 Å². The van der Waals surface area contributed by atoms with Gasteiger partial charge in [-0.05, 0) is 41.6 Å². The average molecular weight is 282 g/mol. The lowest BCUT2D eigenvalue weighted by Gasteiger charge is -2.11. The topological polar surface area (TPSA) is 50.3 Å². The van der Waals surface area contributed by atoms with Crippen molar-refractivity contribution in [2.45, 2.75) is 0 Å². The Balaban J connectivity index is 1.93. The largest absolute Gasteiger partial charge is 0.298 e. The van der Waals surface area contributed by atoms with E-state index in [1.807, 2.05) is 12.1 Å². The van der Waals surface area contributed by atoms with Gasteiger partial charge in [-0.25, -0.2) is 4.90 Å². The third kappa shape index (κ3) is 2.35. The molecule has 1 aliphatic heterocycles. The summed E-state index contributed by atoms with van der Waals surface area (Å²) in [6, 6.07) is 12.5. The van der Waals surface area contributed by atoms with Crippen LogP contribution in [0.5, 0.6) is 0 Å². The molecule has 1 fully saturated rings. The Bertz CT molecular complexity index is 684. The molecule has 98 valence electrons. The predicted molar refractivity (Wildman–Crippen MR) is 79.1 cm³/mol. The normalized spacial score (nSPS) is 17.0. The third-order valence-corrected chi connectivity index (χ3v) is 3.66. The number of amides is 2. The fraction of sp³-hybridized carbons (Fsp3) is 0. The fourth-order valence-corrected chi connectivity index (χ4v) is 2.72. The number of para-hydroxylation sites is 1. The summed E-state index contributed by atoms with van der Waals surface area (Å²) >= 11 is 0.942. The molecule has 0 spiro atoms. The summed E-state index contributed by atoms with van der Waals surface area (Å²) < 4.78 is 0. The predicted octanol–water partition coefficient (Wildman–Crippen LogP) is 3.32. The molecule has 0 bridgehead atoms. The molecule has 0 unspecified atom stereocenters. The zero-order valence-corrected chi connectivity index (χ0v) is 11.2. The van der Waals surface area contributed by atoms with Gasteiger partial charge < -0.3 is 0 Å². The fourth-order valence-electron chi connectivity index (χ4n) is 1.88. The standard InChI is InChI=1S/C15H10N2O2S/c18-14-13(9-11-5-4-8-16-10-11)20-15(19)17(14)12-6-2-1-3-7-12/h1-10H/b13-9+. The van der Waals surface area contributed by atoms with Crippen molar-refractivity contribution < 1.29 is 9.59 Å². The van der Waals surface area contributed by atoms with Crippen LogP contribution in [-0.4, -0.2) is 16.1 Å². The Kier molecular flexibility index (Phi) is 3.35. The van der Waals surface area contributed by atoms with E-state index in [1.165, 1.54) is 4.90 Å². The van der Waals surface area contributed by atoms with Gasteiger partial charge >= 0.3 is 0 Å². The van der Waals surface area contributed by atoms with Gasteiger partial charge in [0.1, 0.15) is 0 Å². The smallest absolute Gasteiger partial charge is 0.268 e. The number of nitrogens with zero attached hydrogens (tertiary/aromatic N) is 2. The lowest BCUT2D eigenvalue weighted by Crippen LogP contribution is -2.27. The van der Waals surface area contributed by atoms with Crippen LogP contribution < -0.4 is 4.90 Å². The van der Waals surface area contributed by atoms with E-state index in [2.05, 4.69) is 4.98 Å². The highest BCUT2D eigenvalue weighted by Crippen LogP contribution is 2.35. The van der Waals surface area contributed by atoms with Gasteiger partial charge in [0.05, 0.1) is 10.6 Å². The van der Waals surface area contributed by atoms with Crippen LogP contribution in [0.1, 0.15) is 5.56 Å². The number of hydrogen-bond donors (Lipinski definition) is 0. The molecule has 0 radical (unpaired) electrons. The zero-order chi connectivity index (χ0) is 13.9. The van der Waals surface area contributed by atoms with Crippen molar-refractivity contribution >= 4 is 34.7 Å². The van der Waals surface area contributed by atoms with Crippen molar-refractivity contribution in [2.24, 2.45) is 0 Å². The van der Waals surface area contributed by atoms with Gasteiger partial charge in [-0.3, -0.25) is 14.6 Å². The van der Waals surface area contributed by atoms with Crippen molar-refractivity contribution in [1.29, 1.82) is 0 Å². The second-order valence-electron chi connectivity index (χ2n) is 4.14. The van der Waals surface area contributed by atoms with Crippen molar-refractivity contribution in [3.63, 3.8) is 0 Å². The number of hydrogen-bond acceptors (Lipinski definition) is 4. The molecule has 1 aromatic heterocycles. The molecule has 0 N–H and O–H groups in total. The van der Waals surface area contributed by atoms with Crippen LogP contribution in [-0.2, 0) is 4.79 Å². The van der Waals surface area contributed by atoms with Gasteiger partial charge in [0.2, 0.25) is 0 Å². The van der Waals surface area contributed by atoms with E-state index in [9.17, 15) is 9.59 Å². The van der Waals surface area contributed by atoms with E-state index in [4.69, 9.17) is 0 Å². The molecule has 2 aromatic rings. The third-order valence-electron chi connectivity index (χ3n) is 2.79. The molecular weight excluding hydrogens is 272 g/mol. The van der Waals surface area contributed by atoms with E-state index >= 15 is 0 Å². The maximum absolute atomic E-state index is 12.3. The van der Waals surface area contributed by atoms with Crippen LogP contribution in [0.2, 0.25) is 0 Å². The lowest BCUT2D eigenvalue weighted by atomic mass is 10.2. The first-order valence-corrected chi connectivity index (χ1v) is 6.80. The molecule has 20 heavy (non-hydrogen) atoms. The minimum Gasteiger partial charge on any atom is -0.268 e. The summed E-state index contributed by atoms with van der Waals surface area (Å²) in [5, 5.41) is -0.281. The molecule has 5 heteroatoms. The van der Waals surface area contributed by atoms with Gasteiger partial charge in [0, 0.05) is 12.4 Å². The lowest BCUT2D eigenvalue weighted by molar-refractivity contribution is -0.113. The number of thioether (sulfide) groups is 1. The first-order valence-electron chi connectivity index (χ1n) is 5.99. The molecular formula is C15H10N2O2S. The molecule has 1 saturated heterocycles. The Labute approximate surface area is 120 Å². The van der Waals surface area contributed by atoms with E-state index in [-0.39, 0.29) is 11.1 Å². The molecule has 3 rings (SSSR count). The SMILES string of the molecule is O=C1S/C(=C/c2cccnc2)C(=O)N1c1ccccc1. The quantitative estimate of drug-likeness (QED) is 0.793. The van der Waals surface area contributed by atoms with E-state index in [0.717, 1.165) is 17.3 Å². The van der Waals surface area contributed by atoms with Crippen LogP contribution in [0.4, 0.5) is 10.5 Å². The number of pyridine rings is 1. The maximum Gasteiger partial charge on any atom is 0.298 e. The summed E-state index contributed by atoms with van der Waals surface area (Å²) in [4.78, 5) is 29.9. The van der Waals surface area contributed by atoms with E-state index in [0.29, 0.717) is 10.6 Å². The second-order valence-corrected chi connectivity index (χ2v) is 5.13. The van der Waals surface area contributed by atoms with Crippen LogP contribution in [0.25, 0.3) is 6.08 Å². The molecule has 4 nitrogen and oxygen atoms in total. The van der Waals surface area contributed by atoms with Crippen molar-refractivity contribution in [1.82, 2.24) is 4.98 Å². The molecule has 1 aromatic carbocycles. The van der Waals surface area contributed by atoms with Crippen LogP contribution in [0.15, 0.2) is 59.8 Å². The summed E-state index contributed by atoms with van der Waals surface area (Å²) in [5.74, 6) is -0.296. The summed E-state index contributed by atoms with van der Waals surface area (Å²) in [6.07, 6.45) is 4.99. The van der Waals surface area contributed by atoms with Gasteiger partial charge in [0.25, 0.3) is 11.1 Å². The Hall–Kier alpha value is -2.40. The first-order chi connectivity index (χ1) is 9.75. The molecule has 0 aliphatic carbocycles. The second kappa shape index (κ2) is 5.30. The Morgan fingerprint density at radius 2 is 1.85 bits per heavy atom. The summed E-state index contributed by atoms with van der Waals surface area (Å²) in [7, 11) is 0. The highest BCUT2D eigenvalue weighted by molar-refractivity contribution is 8.19. The van der Waals surface area contributed by atoms with Crippen LogP contribution >= 0.6 is 11.8 Å². The van der Waals surface area contributed by atoms with Crippen molar-refractivity contribution in [3.8, 4) is 0 Å². The molecule has 2 amide bonds. The number of imide groups is 1. The molecule has 1 aliphatic rings. The monoisotopic (exact) mass is 282 g/mol. The molecule has 0 saturated carbocycles. The summed E-state index contributed by atoms with van der Waals surface area (Å²) in [5.41, 5.74) is 1.38. The molecule has 0 atom stereocenters. The number of rotatable bonds is 2. The molecule has 2 heterocycles. The highest BCUT2D eigenvalue weighted by Gasteiger charge is 2.36. The van der Waals surface area contributed by atoms with Gasteiger partial charge in [-0.15, -0.1) is 0 Å². The number of carbonyl (C=O) groups is 2. The number of benzene rings is 1. The number of carbonyl (C=O) groups excluding carboxylic acids is 2. The minimum absolute atomic E-state index is 0.281. The zero-order valence-electron chi connectivity index (χ0n) is 10.4. The van der Waals surface area contributed by atoms with E-state index < -0.39 is 0 Å².